The van der Waals surface area contributed by atoms with Crippen molar-refractivity contribution in [1.29, 1.82) is 0 Å². The number of rotatable bonds is 5. The summed E-state index contributed by atoms with van der Waals surface area (Å²) in [7, 11) is 0. The van der Waals surface area contributed by atoms with E-state index in [1.807, 2.05) is 61.5 Å². The third-order valence-electron chi connectivity index (χ3n) is 5.63. The van der Waals surface area contributed by atoms with Crippen molar-refractivity contribution < 1.29 is 9.21 Å². The number of hydrogen-bond acceptors (Lipinski definition) is 3. The van der Waals surface area contributed by atoms with E-state index in [9.17, 15) is 4.79 Å². The number of fused-ring (bicyclic) bond motifs is 2. The highest BCUT2D eigenvalue weighted by molar-refractivity contribution is 6.35. The molecule has 0 spiro atoms. The molecule has 0 saturated heterocycles. The Morgan fingerprint density at radius 1 is 1.06 bits per heavy atom. The van der Waals surface area contributed by atoms with Crippen molar-refractivity contribution in [3.63, 3.8) is 0 Å². The lowest BCUT2D eigenvalue weighted by molar-refractivity contribution is 0.0929. The molecule has 0 radical (unpaired) electrons. The van der Waals surface area contributed by atoms with Crippen LogP contribution in [0.4, 0.5) is 0 Å². The van der Waals surface area contributed by atoms with E-state index in [4.69, 9.17) is 27.6 Å². The molecule has 164 valence electrons. The number of aromatic nitrogens is 1. The van der Waals surface area contributed by atoms with Crippen LogP contribution in [0, 0.1) is 6.92 Å². The van der Waals surface area contributed by atoms with Gasteiger partial charge in [-0.15, -0.1) is 0 Å². The minimum absolute atomic E-state index is 0.213. The molecule has 0 aliphatic heterocycles. The average molecular weight is 476 g/mol. The van der Waals surface area contributed by atoms with Gasteiger partial charge in [0.15, 0.2) is 5.76 Å². The molecule has 0 unspecified atom stereocenters. The molecule has 5 nitrogen and oxygen atoms in total. The van der Waals surface area contributed by atoms with Gasteiger partial charge in [0.1, 0.15) is 5.58 Å². The zero-order valence-corrected chi connectivity index (χ0v) is 19.2. The molecule has 5 rings (SSSR count). The molecular formula is C26H19Cl2N3O2. The maximum Gasteiger partial charge on any atom is 0.307 e. The predicted octanol–water partition coefficient (Wildman–Crippen LogP) is 6.81. The number of para-hydroxylation sites is 2. The lowest BCUT2D eigenvalue weighted by atomic mass is 10.1. The van der Waals surface area contributed by atoms with Crippen LogP contribution in [0.15, 0.2) is 82.3 Å². The first kappa shape index (κ1) is 21.3. The molecule has 5 aromatic rings. The third kappa shape index (κ3) is 4.13. The van der Waals surface area contributed by atoms with Crippen molar-refractivity contribution in [3.05, 3.63) is 105 Å². The summed E-state index contributed by atoms with van der Waals surface area (Å²) >= 11 is 12.5. The monoisotopic (exact) mass is 475 g/mol. The van der Waals surface area contributed by atoms with Gasteiger partial charge in [-0.3, -0.25) is 4.79 Å². The van der Waals surface area contributed by atoms with Crippen LogP contribution in [0.1, 0.15) is 27.4 Å². The third-order valence-corrected chi connectivity index (χ3v) is 6.22. The van der Waals surface area contributed by atoms with Crippen LogP contribution in [0.5, 0.6) is 0 Å². The lowest BCUT2D eigenvalue weighted by Gasteiger charge is -2.10. The number of halogens is 2. The molecule has 0 fully saturated rings. The number of hydrazone groups is 1. The van der Waals surface area contributed by atoms with Crippen molar-refractivity contribution in [2.45, 2.75) is 13.5 Å². The van der Waals surface area contributed by atoms with E-state index in [0.717, 1.165) is 33.1 Å². The van der Waals surface area contributed by atoms with E-state index in [-0.39, 0.29) is 5.76 Å². The zero-order valence-electron chi connectivity index (χ0n) is 17.7. The van der Waals surface area contributed by atoms with Gasteiger partial charge >= 0.3 is 5.91 Å². The maximum atomic E-state index is 12.5. The molecule has 0 saturated carbocycles. The largest absolute Gasteiger partial charge is 0.451 e. The van der Waals surface area contributed by atoms with Crippen molar-refractivity contribution in [2.75, 3.05) is 0 Å². The lowest BCUT2D eigenvalue weighted by Crippen LogP contribution is -2.16. The molecular weight excluding hydrogens is 457 g/mol. The van der Waals surface area contributed by atoms with Crippen molar-refractivity contribution in [1.82, 2.24) is 9.99 Å². The summed E-state index contributed by atoms with van der Waals surface area (Å²) in [5, 5.41) is 7.32. The highest BCUT2D eigenvalue weighted by Gasteiger charge is 2.15. The molecule has 7 heteroatoms. The second-order valence-electron chi connectivity index (χ2n) is 7.69. The van der Waals surface area contributed by atoms with E-state index in [1.54, 1.807) is 18.3 Å². The number of furan rings is 1. The topological polar surface area (TPSA) is 59.5 Å². The summed E-state index contributed by atoms with van der Waals surface area (Å²) in [6.45, 7) is 2.60. The van der Waals surface area contributed by atoms with Crippen LogP contribution in [-0.4, -0.2) is 16.7 Å². The SMILES string of the molecule is Cc1c(C=NNC(=O)c2cc3ccccc3o2)c2ccccc2n1Cc1ccc(Cl)cc1Cl. The van der Waals surface area contributed by atoms with E-state index >= 15 is 0 Å². The molecule has 3 aromatic carbocycles. The van der Waals surface area contributed by atoms with E-state index in [1.165, 1.54) is 0 Å². The van der Waals surface area contributed by atoms with Gasteiger partial charge in [0.25, 0.3) is 0 Å². The Morgan fingerprint density at radius 2 is 1.85 bits per heavy atom. The minimum Gasteiger partial charge on any atom is -0.451 e. The number of carbonyl (C=O) groups is 1. The number of nitrogens with one attached hydrogen (secondary N) is 1. The highest BCUT2D eigenvalue weighted by Crippen LogP contribution is 2.28. The first-order valence-electron chi connectivity index (χ1n) is 10.3. The van der Waals surface area contributed by atoms with E-state index in [2.05, 4.69) is 21.2 Å². The molecule has 0 aliphatic carbocycles. The first-order chi connectivity index (χ1) is 16.0. The minimum atomic E-state index is -0.406. The first-order valence-corrected chi connectivity index (χ1v) is 11.1. The molecule has 0 atom stereocenters. The smallest absolute Gasteiger partial charge is 0.307 e. The summed E-state index contributed by atoms with van der Waals surface area (Å²) in [6, 6.07) is 22.7. The van der Waals surface area contributed by atoms with Gasteiger partial charge < -0.3 is 8.98 Å². The van der Waals surface area contributed by atoms with Gasteiger partial charge in [-0.2, -0.15) is 5.10 Å². The maximum absolute atomic E-state index is 12.5. The fraction of sp³-hybridized carbons (Fsp3) is 0.0769. The van der Waals surface area contributed by atoms with Crippen LogP contribution in [0.2, 0.25) is 10.0 Å². The van der Waals surface area contributed by atoms with Gasteiger partial charge in [-0.1, -0.05) is 65.7 Å². The summed E-state index contributed by atoms with van der Waals surface area (Å²) in [6.07, 6.45) is 1.66. The number of carbonyl (C=O) groups excluding carboxylic acids is 1. The summed E-state index contributed by atoms with van der Waals surface area (Å²) in [5.74, 6) is -0.193. The van der Waals surface area contributed by atoms with Crippen molar-refractivity contribution in [2.24, 2.45) is 5.10 Å². The van der Waals surface area contributed by atoms with Gasteiger partial charge in [-0.25, -0.2) is 5.43 Å². The Hall–Kier alpha value is -3.54. The Morgan fingerprint density at radius 3 is 2.67 bits per heavy atom. The number of amides is 1. The fourth-order valence-electron chi connectivity index (χ4n) is 3.95. The van der Waals surface area contributed by atoms with Crippen LogP contribution < -0.4 is 5.43 Å². The van der Waals surface area contributed by atoms with Crippen LogP contribution in [-0.2, 0) is 6.54 Å². The van der Waals surface area contributed by atoms with Gasteiger partial charge in [0.2, 0.25) is 0 Å². The Bertz CT molecular complexity index is 1500. The van der Waals surface area contributed by atoms with Gasteiger partial charge in [0.05, 0.1) is 6.21 Å². The standard InChI is InChI=1S/C26H19Cl2N3O2/c1-16-21(14-29-30-26(32)25-12-17-6-2-5-9-24(17)33-25)20-7-3-4-8-23(20)31(16)15-18-10-11-19(27)13-22(18)28/h2-14H,15H2,1H3,(H,30,32). The molecule has 0 bridgehead atoms. The molecule has 2 heterocycles. The molecule has 2 aromatic heterocycles. The summed E-state index contributed by atoms with van der Waals surface area (Å²) in [4.78, 5) is 12.5. The van der Waals surface area contributed by atoms with Crippen molar-refractivity contribution in [3.8, 4) is 0 Å². The Balaban J connectivity index is 1.43. The van der Waals surface area contributed by atoms with Gasteiger partial charge in [0, 0.05) is 44.1 Å². The van der Waals surface area contributed by atoms with E-state index < -0.39 is 5.91 Å². The average Bonchev–Trinajstić information content (AvgIpc) is 3.36. The quantitative estimate of drug-likeness (QED) is 0.224. The summed E-state index contributed by atoms with van der Waals surface area (Å²) < 4.78 is 7.78. The zero-order chi connectivity index (χ0) is 22.9. The fourth-order valence-corrected chi connectivity index (χ4v) is 4.42. The number of benzene rings is 3. The molecule has 33 heavy (non-hydrogen) atoms. The Kier molecular flexibility index (Phi) is 5.67. The van der Waals surface area contributed by atoms with Crippen LogP contribution >= 0.6 is 23.2 Å². The van der Waals surface area contributed by atoms with Crippen LogP contribution in [0.3, 0.4) is 0 Å². The molecule has 0 aliphatic rings. The predicted molar refractivity (Wildman–Crippen MR) is 134 cm³/mol. The highest BCUT2D eigenvalue weighted by atomic mass is 35.5. The van der Waals surface area contributed by atoms with E-state index in [0.29, 0.717) is 22.2 Å². The number of nitrogens with zero attached hydrogens (tertiary/aromatic N) is 2. The van der Waals surface area contributed by atoms with Gasteiger partial charge in [-0.05, 0) is 42.8 Å². The number of hydrogen-bond donors (Lipinski definition) is 1. The second-order valence-corrected chi connectivity index (χ2v) is 8.53. The van der Waals surface area contributed by atoms with Crippen LogP contribution in [0.25, 0.3) is 21.9 Å². The summed E-state index contributed by atoms with van der Waals surface area (Å²) in [5.41, 5.74) is 7.16. The van der Waals surface area contributed by atoms with Crippen molar-refractivity contribution >= 4 is 57.2 Å². The second kappa shape index (κ2) is 8.77. The molecule has 1 N–H and O–H groups in total. The normalized spacial score (nSPS) is 11.6. The molecule has 1 amide bonds. The Labute approximate surface area is 200 Å².